The zero-order chi connectivity index (χ0) is 76.2. The number of nitrogens with one attached hydrogen (secondary N) is 3. The quantitative estimate of drug-likeness (QED) is 0.0292. The summed E-state index contributed by atoms with van der Waals surface area (Å²) in [4.78, 5) is 67.2. The molecule has 28 heteroatoms. The molecule has 4 saturated heterocycles. The average Bonchev–Trinajstić information content (AvgIpc) is 0.761. The number of carbonyl (C=O) groups is 5. The molecule has 0 spiro atoms. The minimum Gasteiger partial charge on any atom is -0.487 e. The Morgan fingerprint density at radius 2 is 1.14 bits per heavy atom. The van der Waals surface area contributed by atoms with E-state index in [4.69, 9.17) is 47.4 Å². The first-order valence-electron chi connectivity index (χ1n) is 37.2. The third-order valence-corrected chi connectivity index (χ3v) is 22.6. The Balaban J connectivity index is 1.18. The first kappa shape index (κ1) is 86.4. The number of hydrogen-bond donors (Lipinski definition) is 13. The molecular formula is C74H125N3O25. The Morgan fingerprint density at radius 3 is 1.64 bits per heavy atom. The Bertz CT molecular complexity index is 2890. The van der Waals surface area contributed by atoms with Gasteiger partial charge in [0, 0.05) is 17.9 Å². The third kappa shape index (κ3) is 21.0. The van der Waals surface area contributed by atoms with Gasteiger partial charge in [0.2, 0.25) is 5.91 Å². The highest BCUT2D eigenvalue weighted by molar-refractivity contribution is 5.86. The Morgan fingerprint density at radius 1 is 0.618 bits per heavy atom. The highest BCUT2D eigenvalue weighted by Crippen LogP contribution is 2.47. The summed E-state index contributed by atoms with van der Waals surface area (Å²) < 4.78 is 62.4. The second-order valence-corrected chi connectivity index (χ2v) is 31.3. The first-order valence-corrected chi connectivity index (χ1v) is 37.2. The number of amides is 3. The molecule has 28 nitrogen and oxygen atoms in total. The van der Waals surface area contributed by atoms with Crippen LogP contribution in [0, 0.1) is 49.4 Å². The number of carboxylic acids is 1. The zero-order valence-electron chi connectivity index (χ0n) is 63.3. The summed E-state index contributed by atoms with van der Waals surface area (Å²) in [6, 6.07) is -2.91. The van der Waals surface area contributed by atoms with Gasteiger partial charge in [0.1, 0.15) is 96.9 Å². The van der Waals surface area contributed by atoms with E-state index < -0.39 is 195 Å². The van der Waals surface area contributed by atoms with Crippen LogP contribution in [0.2, 0.25) is 0 Å². The van der Waals surface area contributed by atoms with Gasteiger partial charge in [0.05, 0.1) is 49.7 Å². The van der Waals surface area contributed by atoms with Gasteiger partial charge in [-0.15, -0.1) is 0 Å². The minimum atomic E-state index is -2.15. The summed E-state index contributed by atoms with van der Waals surface area (Å²) in [6.45, 7) is 29.5. The van der Waals surface area contributed by atoms with Crippen molar-refractivity contribution in [3.05, 3.63) is 22.3 Å². The molecule has 5 aliphatic heterocycles. The number of carbonyl (C=O) groups excluding carboxylic acids is 3. The molecule has 0 bridgehead atoms. The lowest BCUT2D eigenvalue weighted by Gasteiger charge is -2.54. The van der Waals surface area contributed by atoms with Crippen molar-refractivity contribution in [1.82, 2.24) is 16.0 Å². The first-order chi connectivity index (χ1) is 47.8. The van der Waals surface area contributed by atoms with Crippen molar-refractivity contribution in [1.29, 1.82) is 0 Å². The van der Waals surface area contributed by atoms with E-state index in [-0.39, 0.29) is 12.0 Å². The largest absolute Gasteiger partial charge is 0.487 e. The number of fused-ring (bicyclic) bond motifs is 1. The summed E-state index contributed by atoms with van der Waals surface area (Å²) in [6.07, 6.45) is -22.6. The molecule has 586 valence electrons. The standard InChI is InChI=1S/C74H125N3O25/c1-18-24-39(8)93-61-53(84)55(86)69(100-63(61)67(88)75-33-48(81)97-57-40(9)41(10)58-45(42(57)11)30-32-73(16,102-58)31-23-29-38(7)28-22-27-37(6)26-21-25-36(4)5)99-60-50(77-71(91)92)66(96-47(35-79)52(60)83)74(17,20-3)43(12)94-62-54(85)56(87)70(101-64(62)68(89)90)98-59-49(76-44(13)80)65(72(14,15)19-2)95-46(34-78)51(59)82/h36-39,43,46-47,49-56,59-66,69-70,77-79,82-87H,18-35H2,1-17H3,(H,75,88)(H,76,80)(H,89,90)(H,91,92)/t37?,38?,39?,43?,46-,47?,49?,50?,51-,52-,53?,54?,55?,56?,59?,60?,61+,62+,63?,64?,65-,66-,69-,70-,73?,74?/m1/s1. The van der Waals surface area contributed by atoms with Crippen molar-refractivity contribution in [2.45, 2.75) is 354 Å². The number of rotatable bonds is 36. The van der Waals surface area contributed by atoms with E-state index >= 15 is 0 Å². The highest BCUT2D eigenvalue weighted by Gasteiger charge is 2.60. The molecule has 3 amide bonds. The van der Waals surface area contributed by atoms with E-state index in [0.29, 0.717) is 48.5 Å². The van der Waals surface area contributed by atoms with Crippen molar-refractivity contribution < 1.29 is 122 Å². The summed E-state index contributed by atoms with van der Waals surface area (Å²) in [5.41, 5.74) is 0.426. The van der Waals surface area contributed by atoms with E-state index in [2.05, 4.69) is 50.6 Å². The number of ether oxygens (including phenoxy) is 10. The summed E-state index contributed by atoms with van der Waals surface area (Å²) in [5.74, 6) is -0.961. The van der Waals surface area contributed by atoms with Crippen molar-refractivity contribution in [2.75, 3.05) is 19.8 Å². The predicted molar refractivity (Wildman–Crippen MR) is 372 cm³/mol. The molecule has 0 radical (unpaired) electrons. The van der Waals surface area contributed by atoms with Crippen LogP contribution in [0.5, 0.6) is 11.5 Å². The highest BCUT2D eigenvalue weighted by atomic mass is 16.7. The molecule has 0 saturated carbocycles. The number of esters is 1. The molecular weight excluding hydrogens is 1330 g/mol. The lowest BCUT2D eigenvalue weighted by atomic mass is 9.70. The van der Waals surface area contributed by atoms with Gasteiger partial charge in [0.15, 0.2) is 24.8 Å². The topological polar surface area (TPSA) is 416 Å². The van der Waals surface area contributed by atoms with Crippen molar-refractivity contribution in [2.24, 2.45) is 28.6 Å². The van der Waals surface area contributed by atoms with Gasteiger partial charge in [-0.05, 0) is 126 Å². The molecule has 17 unspecified atom stereocenters. The Hall–Kier alpha value is -4.47. The van der Waals surface area contributed by atoms with Crippen molar-refractivity contribution >= 4 is 29.8 Å². The van der Waals surface area contributed by atoms with Gasteiger partial charge in [-0.3, -0.25) is 9.59 Å². The van der Waals surface area contributed by atoms with Crippen LogP contribution in [0.1, 0.15) is 209 Å². The number of aliphatic hydroxyl groups excluding tert-OH is 8. The maximum atomic E-state index is 14.5. The fourth-order valence-corrected chi connectivity index (χ4v) is 15.3. The van der Waals surface area contributed by atoms with Gasteiger partial charge in [-0.2, -0.15) is 0 Å². The third-order valence-electron chi connectivity index (χ3n) is 22.6. The normalized spacial score (nSPS) is 33.9. The van der Waals surface area contributed by atoms with Crippen LogP contribution in [0.25, 0.3) is 0 Å². The number of carboxylic acid groups (broad SMARTS) is 2. The maximum Gasteiger partial charge on any atom is 0.405 e. The Labute approximate surface area is 602 Å². The molecule has 1 aromatic carbocycles. The second kappa shape index (κ2) is 37.9. The summed E-state index contributed by atoms with van der Waals surface area (Å²) in [7, 11) is 0. The van der Waals surface area contributed by atoms with Crippen LogP contribution in [0.4, 0.5) is 4.79 Å². The van der Waals surface area contributed by atoms with Crippen LogP contribution in [-0.2, 0) is 63.5 Å². The molecule has 0 aliphatic carbocycles. The maximum absolute atomic E-state index is 14.5. The molecule has 13 N–H and O–H groups in total. The van der Waals surface area contributed by atoms with E-state index in [1.807, 2.05) is 48.5 Å². The lowest BCUT2D eigenvalue weighted by molar-refractivity contribution is -0.344. The fraction of sp³-hybridized carbons (Fsp3) is 0.851. The van der Waals surface area contributed by atoms with Crippen molar-refractivity contribution in [3.63, 3.8) is 0 Å². The van der Waals surface area contributed by atoms with Gasteiger partial charge in [-0.25, -0.2) is 14.4 Å². The molecule has 5 heterocycles. The number of hydrogen-bond acceptors (Lipinski definition) is 23. The summed E-state index contributed by atoms with van der Waals surface area (Å²) in [5, 5.41) is 121. The molecule has 1 aromatic rings. The molecule has 102 heavy (non-hydrogen) atoms. The molecule has 26 atom stereocenters. The van der Waals surface area contributed by atoms with E-state index in [0.717, 1.165) is 54.4 Å². The Kier molecular flexibility index (Phi) is 32.1. The smallest absolute Gasteiger partial charge is 0.405 e. The van der Waals surface area contributed by atoms with Crippen LogP contribution >= 0.6 is 0 Å². The molecule has 4 fully saturated rings. The van der Waals surface area contributed by atoms with Gasteiger partial charge >= 0.3 is 18.0 Å². The van der Waals surface area contributed by atoms with Crippen LogP contribution < -0.4 is 25.4 Å². The average molecular weight is 1460 g/mol. The van der Waals surface area contributed by atoms with Gasteiger partial charge in [-0.1, -0.05) is 121 Å². The zero-order valence-corrected chi connectivity index (χ0v) is 63.3. The molecule has 0 aromatic heterocycles. The minimum absolute atomic E-state index is 0.0425. The SMILES string of the molecule is CCCC(C)O[C@@H]1C(C(=O)NCC(=O)Oc2c(C)c(C)c3c(c2C)CCC(C)(CCCC(C)CCCC(C)CCCC(C)C)O3)O[C@@H](OC2C(NC(=O)O)[C@H](C(C)(CC)C(C)O[C@@H]3C(C(=O)O)O[C@@H](OC4C(NC(C)=O)[C@H](C(C)(C)CC)O[C@H](CO)[C@H]4O)C(O)C3O)OC(CO)[C@H]2O)C(O)C1O. The summed E-state index contributed by atoms with van der Waals surface area (Å²) >= 11 is 0. The number of aliphatic hydroxyl groups is 8. The predicted octanol–water partition coefficient (Wildman–Crippen LogP) is 5.49. The van der Waals surface area contributed by atoms with Crippen LogP contribution in [0.3, 0.4) is 0 Å². The molecule has 5 aliphatic rings. The van der Waals surface area contributed by atoms with Gasteiger partial charge < -0.3 is 114 Å². The van der Waals surface area contributed by atoms with Crippen LogP contribution in [-0.4, -0.2) is 241 Å². The lowest BCUT2D eigenvalue weighted by Crippen LogP contribution is -2.72. The van der Waals surface area contributed by atoms with Gasteiger partial charge in [0.25, 0.3) is 5.91 Å². The molecule has 6 rings (SSSR count). The van der Waals surface area contributed by atoms with E-state index in [1.165, 1.54) is 59.3 Å². The van der Waals surface area contributed by atoms with E-state index in [1.54, 1.807) is 13.8 Å². The number of benzene rings is 1. The second-order valence-electron chi connectivity index (χ2n) is 31.3. The van der Waals surface area contributed by atoms with E-state index in [9.17, 15) is 75.0 Å². The van der Waals surface area contributed by atoms with Crippen molar-refractivity contribution in [3.8, 4) is 11.5 Å². The monoisotopic (exact) mass is 1460 g/mol. The van der Waals surface area contributed by atoms with Crippen LogP contribution in [0.15, 0.2) is 0 Å². The number of aliphatic carboxylic acids is 1. The fourth-order valence-electron chi connectivity index (χ4n) is 15.3.